The molecule has 0 aliphatic heterocycles. The molecule has 0 atom stereocenters. The third kappa shape index (κ3) is 2.40. The summed E-state index contributed by atoms with van der Waals surface area (Å²) >= 11 is 1.27. The molecule has 3 rings (SSSR count). The number of H-pyrrole nitrogens is 1. The Morgan fingerprint density at radius 2 is 1.95 bits per heavy atom. The molecule has 0 unspecified atom stereocenters. The molecule has 0 spiro atoms. The fraction of sp³-hybridized carbons (Fsp3) is 0. The Morgan fingerprint density at radius 3 is 2.70 bits per heavy atom. The maximum Gasteiger partial charge on any atom is 0.336 e. The van der Waals surface area contributed by atoms with Gasteiger partial charge in [-0.1, -0.05) is 30.0 Å². The molecule has 3 nitrogen and oxygen atoms in total. The smallest absolute Gasteiger partial charge is 0.336 e. The lowest BCUT2D eigenvalue weighted by atomic mass is 10.2. The van der Waals surface area contributed by atoms with Crippen molar-refractivity contribution in [3.8, 4) is 0 Å². The predicted octanol–water partition coefficient (Wildman–Crippen LogP) is 4.16. The molecule has 1 heterocycles. The van der Waals surface area contributed by atoms with E-state index in [1.807, 2.05) is 30.3 Å². The first kappa shape index (κ1) is 12.7. The number of carboxylic acid groups (broad SMARTS) is 1. The summed E-state index contributed by atoms with van der Waals surface area (Å²) in [5.74, 6) is -1.69. The number of hydrogen-bond acceptors (Lipinski definition) is 2. The Kier molecular flexibility index (Phi) is 3.20. The van der Waals surface area contributed by atoms with Crippen LogP contribution in [-0.2, 0) is 0 Å². The topological polar surface area (TPSA) is 53.1 Å². The Bertz CT molecular complexity index is 764. The van der Waals surface area contributed by atoms with Crippen LogP contribution in [-0.4, -0.2) is 16.1 Å². The summed E-state index contributed by atoms with van der Waals surface area (Å²) in [6, 6.07) is 13.5. The number of carboxylic acids is 1. The highest BCUT2D eigenvalue weighted by molar-refractivity contribution is 7.99. The lowest BCUT2D eigenvalue weighted by Gasteiger charge is -2.04. The van der Waals surface area contributed by atoms with Gasteiger partial charge >= 0.3 is 5.97 Å². The molecule has 0 aliphatic rings. The number of carbonyl (C=O) groups is 1. The second-order valence-electron chi connectivity index (χ2n) is 4.27. The normalized spacial score (nSPS) is 10.8. The van der Waals surface area contributed by atoms with E-state index >= 15 is 0 Å². The number of hydrogen-bond donors (Lipinski definition) is 2. The summed E-state index contributed by atoms with van der Waals surface area (Å²) in [4.78, 5) is 14.9. The third-order valence-corrected chi connectivity index (χ3v) is 3.91. The van der Waals surface area contributed by atoms with Crippen LogP contribution < -0.4 is 0 Å². The van der Waals surface area contributed by atoms with Gasteiger partial charge in [0, 0.05) is 15.8 Å². The van der Waals surface area contributed by atoms with E-state index in [9.17, 15) is 9.18 Å². The van der Waals surface area contributed by atoms with E-state index in [2.05, 4.69) is 4.98 Å². The highest BCUT2D eigenvalue weighted by Crippen LogP contribution is 2.32. The summed E-state index contributed by atoms with van der Waals surface area (Å²) in [6.45, 7) is 0. The molecule has 0 saturated heterocycles. The number of aromatic amines is 1. The second-order valence-corrected chi connectivity index (χ2v) is 5.35. The van der Waals surface area contributed by atoms with Crippen LogP contribution in [0.25, 0.3) is 10.9 Å². The first-order chi connectivity index (χ1) is 9.63. The van der Waals surface area contributed by atoms with Crippen molar-refractivity contribution < 1.29 is 14.3 Å². The summed E-state index contributed by atoms with van der Waals surface area (Å²) in [5.41, 5.74) is 0.947. The number of aromatic carboxylic acids is 1. The average Bonchev–Trinajstić information content (AvgIpc) is 2.82. The molecule has 5 heteroatoms. The van der Waals surface area contributed by atoms with Crippen molar-refractivity contribution in [1.82, 2.24) is 4.98 Å². The van der Waals surface area contributed by atoms with E-state index < -0.39 is 11.8 Å². The van der Waals surface area contributed by atoms with E-state index in [1.165, 1.54) is 23.9 Å². The number of rotatable bonds is 3. The molecule has 2 aromatic carbocycles. The van der Waals surface area contributed by atoms with Gasteiger partial charge in [0.2, 0.25) is 0 Å². The molecule has 0 saturated carbocycles. The van der Waals surface area contributed by atoms with Gasteiger partial charge < -0.3 is 10.1 Å². The van der Waals surface area contributed by atoms with Crippen LogP contribution >= 0.6 is 11.8 Å². The molecule has 0 bridgehead atoms. The molecule has 0 aliphatic carbocycles. The molecule has 1 aromatic heterocycles. The SMILES string of the molecule is O=C(O)c1cc(F)ccc1Sc1cc2ccccc2[nH]1. The minimum Gasteiger partial charge on any atom is -0.478 e. The molecule has 2 N–H and O–H groups in total. The Balaban J connectivity index is 2.00. The van der Waals surface area contributed by atoms with Crippen LogP contribution in [0.15, 0.2) is 58.5 Å². The number of fused-ring (bicyclic) bond motifs is 1. The zero-order chi connectivity index (χ0) is 14.1. The average molecular weight is 287 g/mol. The molecule has 20 heavy (non-hydrogen) atoms. The van der Waals surface area contributed by atoms with Gasteiger partial charge in [0.25, 0.3) is 0 Å². The largest absolute Gasteiger partial charge is 0.478 e. The van der Waals surface area contributed by atoms with Crippen LogP contribution in [0.2, 0.25) is 0 Å². The van der Waals surface area contributed by atoms with Gasteiger partial charge in [0.1, 0.15) is 5.82 Å². The Morgan fingerprint density at radius 1 is 1.15 bits per heavy atom. The molecular weight excluding hydrogens is 277 g/mol. The van der Waals surface area contributed by atoms with Crippen molar-refractivity contribution in [1.29, 1.82) is 0 Å². The summed E-state index contributed by atoms with van der Waals surface area (Å²) in [5, 5.41) is 11.0. The van der Waals surface area contributed by atoms with Crippen molar-refractivity contribution in [3.05, 3.63) is 59.9 Å². The Hall–Kier alpha value is -2.27. The lowest BCUT2D eigenvalue weighted by molar-refractivity contribution is 0.0692. The van der Waals surface area contributed by atoms with Crippen LogP contribution in [0.4, 0.5) is 4.39 Å². The molecule has 100 valence electrons. The Labute approximate surface area is 118 Å². The molecule has 0 amide bonds. The predicted molar refractivity (Wildman–Crippen MR) is 75.8 cm³/mol. The van der Waals surface area contributed by atoms with Crippen molar-refractivity contribution in [2.45, 2.75) is 9.92 Å². The van der Waals surface area contributed by atoms with E-state index in [0.29, 0.717) is 4.90 Å². The fourth-order valence-electron chi connectivity index (χ4n) is 1.98. The summed E-state index contributed by atoms with van der Waals surface area (Å²) < 4.78 is 13.1. The lowest BCUT2D eigenvalue weighted by Crippen LogP contribution is -1.99. The summed E-state index contributed by atoms with van der Waals surface area (Å²) in [7, 11) is 0. The number of benzene rings is 2. The number of nitrogens with one attached hydrogen (secondary N) is 1. The summed E-state index contributed by atoms with van der Waals surface area (Å²) in [6.07, 6.45) is 0. The molecule has 0 fully saturated rings. The number of para-hydroxylation sites is 1. The van der Waals surface area contributed by atoms with Crippen molar-refractivity contribution in [3.63, 3.8) is 0 Å². The van der Waals surface area contributed by atoms with Crippen LogP contribution in [0, 0.1) is 5.82 Å². The minimum atomic E-state index is -1.14. The van der Waals surface area contributed by atoms with Gasteiger partial charge in [-0.2, -0.15) is 0 Å². The van der Waals surface area contributed by atoms with Gasteiger partial charge in [0.15, 0.2) is 0 Å². The molecule has 0 radical (unpaired) electrons. The van der Waals surface area contributed by atoms with Crippen molar-refractivity contribution in [2.75, 3.05) is 0 Å². The molecular formula is C15H10FNO2S. The van der Waals surface area contributed by atoms with Gasteiger partial charge in [-0.25, -0.2) is 9.18 Å². The quantitative estimate of drug-likeness (QED) is 0.760. The van der Waals surface area contributed by atoms with Crippen LogP contribution in [0.5, 0.6) is 0 Å². The highest BCUT2D eigenvalue weighted by atomic mass is 32.2. The zero-order valence-corrected chi connectivity index (χ0v) is 11.1. The second kappa shape index (κ2) is 5.02. The maximum absolute atomic E-state index is 13.1. The first-order valence-corrected chi connectivity index (χ1v) is 6.73. The monoisotopic (exact) mass is 287 g/mol. The number of halogens is 1. The number of aromatic nitrogens is 1. The third-order valence-electron chi connectivity index (χ3n) is 2.90. The van der Waals surface area contributed by atoms with Crippen LogP contribution in [0.3, 0.4) is 0 Å². The van der Waals surface area contributed by atoms with Gasteiger partial charge in [-0.05, 0) is 30.3 Å². The fourth-order valence-corrected chi connectivity index (χ4v) is 2.95. The van der Waals surface area contributed by atoms with Gasteiger partial charge in [-0.15, -0.1) is 0 Å². The van der Waals surface area contributed by atoms with E-state index in [4.69, 9.17) is 5.11 Å². The van der Waals surface area contributed by atoms with Crippen molar-refractivity contribution in [2.24, 2.45) is 0 Å². The van der Waals surface area contributed by atoms with Crippen molar-refractivity contribution >= 4 is 28.6 Å². The van der Waals surface area contributed by atoms with Gasteiger partial charge in [-0.3, -0.25) is 0 Å². The van der Waals surface area contributed by atoms with E-state index in [1.54, 1.807) is 0 Å². The van der Waals surface area contributed by atoms with Gasteiger partial charge in [0.05, 0.1) is 10.6 Å². The zero-order valence-electron chi connectivity index (χ0n) is 10.3. The standard InChI is InChI=1S/C15H10FNO2S/c16-10-5-6-13(11(8-10)15(18)19)20-14-7-9-3-1-2-4-12(9)17-14/h1-8,17H,(H,18,19). The maximum atomic E-state index is 13.1. The van der Waals surface area contributed by atoms with E-state index in [0.717, 1.165) is 22.0 Å². The molecule has 3 aromatic rings. The minimum absolute atomic E-state index is 0.0337. The first-order valence-electron chi connectivity index (χ1n) is 5.92. The highest BCUT2D eigenvalue weighted by Gasteiger charge is 2.13. The van der Waals surface area contributed by atoms with Crippen LogP contribution in [0.1, 0.15) is 10.4 Å². The van der Waals surface area contributed by atoms with E-state index in [-0.39, 0.29) is 5.56 Å².